The molecule has 3 heterocycles. The largest absolute Gasteiger partial charge is 0.496 e. The fraction of sp³-hybridized carbons (Fsp3) is 0.500. The molecular formula is C20H25N3O4S. The lowest BCUT2D eigenvalue weighted by Gasteiger charge is -2.36. The summed E-state index contributed by atoms with van der Waals surface area (Å²) in [6.07, 6.45) is 1.54. The summed E-state index contributed by atoms with van der Waals surface area (Å²) in [5.41, 5.74) is 1.01. The molecule has 2 aliphatic heterocycles. The molecule has 0 aliphatic carbocycles. The lowest BCUT2D eigenvalue weighted by Crippen LogP contribution is -2.36. The zero-order valence-electron chi connectivity index (χ0n) is 16.3. The van der Waals surface area contributed by atoms with Crippen LogP contribution in [0.15, 0.2) is 29.1 Å². The first kappa shape index (κ1) is 19.1. The van der Waals surface area contributed by atoms with Crippen molar-refractivity contribution in [3.63, 3.8) is 0 Å². The number of amides is 1. The minimum atomic E-state index is -0.289. The van der Waals surface area contributed by atoms with E-state index in [2.05, 4.69) is 10.4 Å². The second-order valence-corrected chi connectivity index (χ2v) is 8.90. The molecule has 7 nitrogen and oxygen atoms in total. The first-order valence-electron chi connectivity index (χ1n) is 9.42. The second kappa shape index (κ2) is 7.33. The monoisotopic (exact) mass is 403 g/mol. The molecule has 150 valence electrons. The van der Waals surface area contributed by atoms with Crippen LogP contribution in [0.2, 0.25) is 0 Å². The van der Waals surface area contributed by atoms with Crippen LogP contribution in [0.1, 0.15) is 49.1 Å². The lowest BCUT2D eigenvalue weighted by molar-refractivity contribution is -0.113. The van der Waals surface area contributed by atoms with Crippen LogP contribution in [0.4, 0.5) is 5.82 Å². The molecule has 0 bridgehead atoms. The molecule has 0 spiro atoms. The summed E-state index contributed by atoms with van der Waals surface area (Å²) in [4.78, 5) is 25.5. The third kappa shape index (κ3) is 3.46. The predicted octanol–water partition coefficient (Wildman–Crippen LogP) is 3.09. The molecular weight excluding hydrogens is 378 g/mol. The Morgan fingerprint density at radius 1 is 1.29 bits per heavy atom. The predicted molar refractivity (Wildman–Crippen MR) is 109 cm³/mol. The number of hydrogen-bond acceptors (Lipinski definition) is 5. The Kier molecular flexibility index (Phi) is 5.01. The number of fused-ring (bicyclic) bond motifs is 1. The summed E-state index contributed by atoms with van der Waals surface area (Å²) < 4.78 is 13.2. The Balaban J connectivity index is 1.83. The number of carbonyl (C=O) groups is 1. The van der Waals surface area contributed by atoms with Gasteiger partial charge in [-0.3, -0.25) is 19.4 Å². The van der Waals surface area contributed by atoms with Crippen molar-refractivity contribution >= 4 is 23.5 Å². The van der Waals surface area contributed by atoms with Gasteiger partial charge in [-0.25, -0.2) is 0 Å². The van der Waals surface area contributed by atoms with Crippen molar-refractivity contribution in [1.29, 1.82) is 0 Å². The average molecular weight is 404 g/mol. The van der Waals surface area contributed by atoms with Crippen molar-refractivity contribution in [3.8, 4) is 5.75 Å². The average Bonchev–Trinajstić information content (AvgIpc) is 2.87. The van der Waals surface area contributed by atoms with E-state index in [9.17, 15) is 9.59 Å². The van der Waals surface area contributed by atoms with Gasteiger partial charge in [0.2, 0.25) is 5.91 Å². The van der Waals surface area contributed by atoms with Crippen LogP contribution in [0.3, 0.4) is 0 Å². The smallest absolute Gasteiger partial charge is 0.270 e. The number of thioether (sulfide) groups is 1. The number of aromatic amines is 1. The van der Waals surface area contributed by atoms with Crippen molar-refractivity contribution in [2.24, 2.45) is 0 Å². The number of benzene rings is 1. The lowest BCUT2D eigenvalue weighted by atomic mass is 9.94. The van der Waals surface area contributed by atoms with E-state index >= 15 is 0 Å². The summed E-state index contributed by atoms with van der Waals surface area (Å²) in [6.45, 7) is 4.71. The maximum Gasteiger partial charge on any atom is 0.270 e. The summed E-state index contributed by atoms with van der Waals surface area (Å²) in [7, 11) is 1.62. The van der Waals surface area contributed by atoms with Crippen molar-refractivity contribution in [2.45, 2.75) is 43.6 Å². The molecule has 0 saturated carbocycles. The second-order valence-electron chi connectivity index (χ2n) is 7.81. The molecule has 1 aromatic heterocycles. The van der Waals surface area contributed by atoms with Crippen LogP contribution in [0.25, 0.3) is 0 Å². The van der Waals surface area contributed by atoms with Gasteiger partial charge < -0.3 is 14.8 Å². The number of nitrogens with zero attached hydrogens (tertiary/aromatic N) is 1. The number of hydrogen-bond donors (Lipinski definition) is 2. The Bertz CT molecular complexity index is 949. The van der Waals surface area contributed by atoms with E-state index in [1.165, 1.54) is 11.8 Å². The number of rotatable bonds is 3. The number of anilines is 1. The van der Waals surface area contributed by atoms with Gasteiger partial charge >= 0.3 is 0 Å². The van der Waals surface area contributed by atoms with Crippen molar-refractivity contribution < 1.29 is 14.3 Å². The van der Waals surface area contributed by atoms with E-state index in [0.29, 0.717) is 23.7 Å². The minimum Gasteiger partial charge on any atom is -0.496 e. The fourth-order valence-electron chi connectivity index (χ4n) is 4.07. The van der Waals surface area contributed by atoms with E-state index in [-0.39, 0.29) is 34.1 Å². The minimum absolute atomic E-state index is 0.0573. The molecule has 1 aromatic carbocycles. The number of aromatic nitrogens is 2. The molecule has 1 amide bonds. The van der Waals surface area contributed by atoms with E-state index in [1.54, 1.807) is 7.11 Å². The Hall–Kier alpha value is -2.19. The van der Waals surface area contributed by atoms with Crippen LogP contribution >= 0.6 is 11.8 Å². The number of nitrogens with one attached hydrogen (secondary N) is 2. The number of carbonyl (C=O) groups excluding carboxylic acids is 1. The maximum absolute atomic E-state index is 13.0. The van der Waals surface area contributed by atoms with E-state index in [0.717, 1.165) is 18.4 Å². The number of ether oxygens (including phenoxy) is 2. The van der Waals surface area contributed by atoms with E-state index in [4.69, 9.17) is 9.47 Å². The molecule has 1 saturated heterocycles. The van der Waals surface area contributed by atoms with Crippen LogP contribution in [-0.4, -0.2) is 40.8 Å². The highest BCUT2D eigenvalue weighted by atomic mass is 32.2. The number of para-hydroxylation sites is 1. The molecule has 2 aromatic rings. The van der Waals surface area contributed by atoms with Gasteiger partial charge in [0.05, 0.1) is 35.3 Å². The first-order valence-corrected chi connectivity index (χ1v) is 10.5. The summed E-state index contributed by atoms with van der Waals surface area (Å²) in [6, 6.07) is 7.70. The molecule has 0 radical (unpaired) electrons. The zero-order valence-corrected chi connectivity index (χ0v) is 17.1. The fourth-order valence-corrected chi connectivity index (χ4v) is 5.22. The molecule has 2 N–H and O–H groups in total. The topological polar surface area (TPSA) is 85.4 Å². The van der Waals surface area contributed by atoms with Gasteiger partial charge in [-0.1, -0.05) is 18.2 Å². The van der Waals surface area contributed by atoms with Crippen LogP contribution in [-0.2, 0) is 9.53 Å². The van der Waals surface area contributed by atoms with Gasteiger partial charge in [0, 0.05) is 12.2 Å². The third-order valence-electron chi connectivity index (χ3n) is 5.32. The van der Waals surface area contributed by atoms with E-state index < -0.39 is 0 Å². The number of methoxy groups -OCH3 is 1. The number of H-pyrrole nitrogens is 1. The molecule has 2 atom stereocenters. The normalized spacial score (nSPS) is 24.2. The molecule has 2 aliphatic rings. The first-order chi connectivity index (χ1) is 13.4. The van der Waals surface area contributed by atoms with Crippen molar-refractivity contribution in [1.82, 2.24) is 9.78 Å². The molecule has 8 heteroatoms. The molecule has 1 fully saturated rings. The van der Waals surface area contributed by atoms with Crippen LogP contribution in [0.5, 0.6) is 5.75 Å². The van der Waals surface area contributed by atoms with E-state index in [1.807, 2.05) is 42.8 Å². The quantitative estimate of drug-likeness (QED) is 0.823. The van der Waals surface area contributed by atoms with Gasteiger partial charge in [0.15, 0.2) is 0 Å². The summed E-state index contributed by atoms with van der Waals surface area (Å²) in [5.74, 6) is 1.44. The highest BCUT2D eigenvalue weighted by Gasteiger charge is 2.36. The van der Waals surface area contributed by atoms with Crippen LogP contribution < -0.4 is 15.6 Å². The van der Waals surface area contributed by atoms with Crippen molar-refractivity contribution in [2.75, 3.05) is 24.8 Å². The Morgan fingerprint density at radius 3 is 2.82 bits per heavy atom. The van der Waals surface area contributed by atoms with Gasteiger partial charge in [-0.05, 0) is 32.8 Å². The van der Waals surface area contributed by atoms with Crippen molar-refractivity contribution in [3.05, 3.63) is 45.7 Å². The zero-order chi connectivity index (χ0) is 19.9. The van der Waals surface area contributed by atoms with Gasteiger partial charge in [-0.2, -0.15) is 0 Å². The summed E-state index contributed by atoms with van der Waals surface area (Å²) in [5, 5.41) is 5.66. The SMILES string of the molecule is COc1ccccc1[C@@H]1SCC(=O)Nc2c1c(=O)[nH]n2[C@H]1CCOC(C)(C)C1. The maximum atomic E-state index is 13.0. The Morgan fingerprint density at radius 2 is 2.07 bits per heavy atom. The standard InChI is InChI=1S/C20H25N3O4S/c1-20(2)10-12(8-9-27-20)23-18-16(19(25)22-23)17(28-11-15(24)21-18)13-6-4-5-7-14(13)26-3/h4-7,12,17H,8-11H2,1-3H3,(H,21,24)(H,22,25)/t12-,17-/m0/s1. The molecule has 4 rings (SSSR count). The third-order valence-corrected chi connectivity index (χ3v) is 6.57. The van der Waals surface area contributed by atoms with Gasteiger partial charge in [0.1, 0.15) is 11.6 Å². The molecule has 0 unspecified atom stereocenters. The highest BCUT2D eigenvalue weighted by molar-refractivity contribution is 8.00. The van der Waals surface area contributed by atoms with Gasteiger partial charge in [0.25, 0.3) is 5.56 Å². The van der Waals surface area contributed by atoms with Gasteiger partial charge in [-0.15, -0.1) is 11.8 Å². The highest BCUT2D eigenvalue weighted by Crippen LogP contribution is 2.44. The van der Waals surface area contributed by atoms with Crippen LogP contribution in [0, 0.1) is 0 Å². The Labute approximate surface area is 167 Å². The summed E-state index contributed by atoms with van der Waals surface area (Å²) >= 11 is 1.44. The molecule has 28 heavy (non-hydrogen) atoms.